The minimum Gasteiger partial charge on any atom is -0.325 e. The summed E-state index contributed by atoms with van der Waals surface area (Å²) in [6.45, 7) is 0. The highest BCUT2D eigenvalue weighted by Crippen LogP contribution is 2.74. The molecule has 0 bridgehead atoms. The van der Waals surface area contributed by atoms with E-state index in [1.807, 2.05) is 30.3 Å². The molecule has 0 fully saturated rings. The fraction of sp³-hybridized carbons (Fsp3) is 0.455. The maximum Gasteiger partial charge on any atom is 0.248 e. The first-order valence-corrected chi connectivity index (χ1v) is 14.0. The van der Waals surface area contributed by atoms with Crippen LogP contribution in [0, 0.1) is 0 Å². The van der Waals surface area contributed by atoms with Gasteiger partial charge in [-0.3, -0.25) is 0 Å². The zero-order valence-corrected chi connectivity index (χ0v) is 17.2. The number of hydrogen-bond acceptors (Lipinski definition) is 8. The van der Waals surface area contributed by atoms with Crippen LogP contribution >= 0.6 is 34.2 Å². The molecule has 120 valence electrons. The van der Waals surface area contributed by atoms with Crippen molar-refractivity contribution < 1.29 is 18.1 Å². The average Bonchev–Trinajstić information content (AvgIpc) is 2.54. The van der Waals surface area contributed by atoms with Gasteiger partial charge in [0.2, 0.25) is 11.4 Å². The van der Waals surface area contributed by atoms with Crippen molar-refractivity contribution in [3.63, 3.8) is 0 Å². The molecule has 0 aliphatic carbocycles. The fourth-order valence-corrected chi connectivity index (χ4v) is 12.3. The molecule has 4 nitrogen and oxygen atoms in total. The standard InChI is InChI=1S/C11H18O4P2S4/c1-12-16(18,13-2)20-11(10-8-6-5-7-9-10)21-17(19,14-3)15-4/h5-9,11H,1-4H3. The minimum atomic E-state index is -2.42. The lowest BCUT2D eigenvalue weighted by Gasteiger charge is -2.27. The van der Waals surface area contributed by atoms with E-state index in [2.05, 4.69) is 0 Å². The molecule has 0 aliphatic rings. The van der Waals surface area contributed by atoms with E-state index in [9.17, 15) is 0 Å². The third-order valence-corrected chi connectivity index (χ3v) is 15.0. The Balaban J connectivity index is 3.07. The van der Waals surface area contributed by atoms with Crippen molar-refractivity contribution >= 4 is 57.8 Å². The van der Waals surface area contributed by atoms with E-state index in [-0.39, 0.29) is 4.58 Å². The van der Waals surface area contributed by atoms with E-state index >= 15 is 0 Å². The molecule has 0 atom stereocenters. The lowest BCUT2D eigenvalue weighted by atomic mass is 10.2. The van der Waals surface area contributed by atoms with Crippen LogP contribution in [0.5, 0.6) is 0 Å². The van der Waals surface area contributed by atoms with Crippen LogP contribution < -0.4 is 0 Å². The molecule has 10 heteroatoms. The van der Waals surface area contributed by atoms with Gasteiger partial charge >= 0.3 is 0 Å². The molecule has 0 aromatic heterocycles. The monoisotopic (exact) mass is 404 g/mol. The molecule has 0 saturated heterocycles. The van der Waals surface area contributed by atoms with E-state index in [0.717, 1.165) is 5.56 Å². The van der Waals surface area contributed by atoms with Crippen molar-refractivity contribution in [2.24, 2.45) is 0 Å². The molecule has 0 spiro atoms. The SMILES string of the molecule is COP(=S)(OC)SC(SP(=S)(OC)OC)c1ccccc1. The van der Waals surface area contributed by atoms with Gasteiger partial charge < -0.3 is 18.1 Å². The lowest BCUT2D eigenvalue weighted by Crippen LogP contribution is -1.94. The van der Waals surface area contributed by atoms with Crippen LogP contribution in [0.1, 0.15) is 10.1 Å². The third-order valence-electron chi connectivity index (χ3n) is 2.42. The summed E-state index contributed by atoms with van der Waals surface area (Å²) < 4.78 is 21.4. The quantitative estimate of drug-likeness (QED) is 0.411. The van der Waals surface area contributed by atoms with Crippen molar-refractivity contribution in [1.82, 2.24) is 0 Å². The summed E-state index contributed by atoms with van der Waals surface area (Å²) in [6.07, 6.45) is 0. The summed E-state index contributed by atoms with van der Waals surface area (Å²) in [6, 6.07) is 9.92. The van der Waals surface area contributed by atoms with E-state index in [1.54, 1.807) is 28.4 Å². The normalized spacial score (nSPS) is 12.8. The Morgan fingerprint density at radius 1 is 0.810 bits per heavy atom. The molecule has 21 heavy (non-hydrogen) atoms. The Hall–Kier alpha value is 1.06. The van der Waals surface area contributed by atoms with Crippen LogP contribution in [0.2, 0.25) is 0 Å². The molecule has 1 aromatic carbocycles. The maximum absolute atomic E-state index is 5.46. The van der Waals surface area contributed by atoms with Gasteiger partial charge in [0.05, 0.1) is 4.58 Å². The van der Waals surface area contributed by atoms with Gasteiger partial charge in [0.25, 0.3) is 0 Å². The first-order chi connectivity index (χ1) is 9.92. The number of rotatable bonds is 9. The smallest absolute Gasteiger partial charge is 0.248 e. The molecule has 0 unspecified atom stereocenters. The Labute approximate surface area is 144 Å². The summed E-state index contributed by atoms with van der Waals surface area (Å²) in [4.78, 5) is 0. The number of benzene rings is 1. The van der Waals surface area contributed by atoms with Crippen LogP contribution in [-0.2, 0) is 41.7 Å². The Bertz CT molecular complexity index is 484. The zero-order chi connectivity index (χ0) is 15.9. The predicted octanol–water partition coefficient (Wildman–Crippen LogP) is 5.19. The van der Waals surface area contributed by atoms with Gasteiger partial charge in [-0.15, -0.1) is 0 Å². The molecule has 0 amide bonds. The van der Waals surface area contributed by atoms with E-state index < -0.39 is 11.4 Å². The minimum absolute atomic E-state index is 0.0809. The second kappa shape index (κ2) is 9.38. The van der Waals surface area contributed by atoms with E-state index in [4.69, 9.17) is 41.7 Å². The third kappa shape index (κ3) is 6.22. The van der Waals surface area contributed by atoms with Crippen LogP contribution in [0.3, 0.4) is 0 Å². The van der Waals surface area contributed by atoms with Gasteiger partial charge in [0.15, 0.2) is 0 Å². The highest BCUT2D eigenvalue weighted by atomic mass is 32.9. The second-order valence-corrected chi connectivity index (χ2v) is 16.9. The van der Waals surface area contributed by atoms with Gasteiger partial charge in [0.1, 0.15) is 0 Å². The van der Waals surface area contributed by atoms with E-state index in [1.165, 1.54) is 22.8 Å². The van der Waals surface area contributed by atoms with Crippen molar-refractivity contribution in [3.8, 4) is 0 Å². The molecule has 0 heterocycles. The molecule has 0 aliphatic heterocycles. The largest absolute Gasteiger partial charge is 0.325 e. The summed E-state index contributed by atoms with van der Waals surface area (Å²) in [5.41, 5.74) is -3.77. The van der Waals surface area contributed by atoms with Gasteiger partial charge in [-0.1, -0.05) is 53.1 Å². The van der Waals surface area contributed by atoms with Crippen LogP contribution in [-0.4, -0.2) is 28.4 Å². The summed E-state index contributed by atoms with van der Waals surface area (Å²) >= 11 is 13.8. The zero-order valence-electron chi connectivity index (χ0n) is 12.1. The molecule has 0 radical (unpaired) electrons. The van der Waals surface area contributed by atoms with Gasteiger partial charge in [-0.2, -0.15) is 0 Å². The highest BCUT2D eigenvalue weighted by Gasteiger charge is 2.31. The van der Waals surface area contributed by atoms with E-state index in [0.29, 0.717) is 0 Å². The van der Waals surface area contributed by atoms with Crippen molar-refractivity contribution in [3.05, 3.63) is 35.9 Å². The maximum atomic E-state index is 5.46. The summed E-state index contributed by atoms with van der Waals surface area (Å²) in [5.74, 6) is 0. The first-order valence-electron chi connectivity index (χ1n) is 5.76. The summed E-state index contributed by atoms with van der Waals surface area (Å²) in [7, 11) is 6.25. The lowest BCUT2D eigenvalue weighted by molar-refractivity contribution is 0.354. The first kappa shape index (κ1) is 20.1. The Morgan fingerprint density at radius 2 is 1.19 bits per heavy atom. The van der Waals surface area contributed by atoms with Crippen molar-refractivity contribution in [1.29, 1.82) is 0 Å². The topological polar surface area (TPSA) is 36.9 Å². The van der Waals surface area contributed by atoms with Crippen LogP contribution in [0.15, 0.2) is 30.3 Å². The Kier molecular flexibility index (Phi) is 8.98. The predicted molar refractivity (Wildman–Crippen MR) is 101 cm³/mol. The Morgan fingerprint density at radius 3 is 1.52 bits per heavy atom. The van der Waals surface area contributed by atoms with Crippen molar-refractivity contribution in [2.45, 2.75) is 4.58 Å². The fourth-order valence-electron chi connectivity index (χ4n) is 1.31. The molecule has 0 saturated carbocycles. The van der Waals surface area contributed by atoms with Crippen LogP contribution in [0.4, 0.5) is 0 Å². The van der Waals surface area contributed by atoms with Gasteiger partial charge in [-0.05, 0) is 29.2 Å². The molecular formula is C11H18O4P2S4. The second-order valence-electron chi connectivity index (χ2n) is 3.58. The molecule has 1 rings (SSSR count). The highest BCUT2D eigenvalue weighted by molar-refractivity contribution is 8.76. The van der Waals surface area contributed by atoms with Crippen LogP contribution in [0.25, 0.3) is 0 Å². The van der Waals surface area contributed by atoms with Crippen molar-refractivity contribution in [2.75, 3.05) is 28.4 Å². The van der Waals surface area contributed by atoms with Gasteiger partial charge in [0, 0.05) is 28.4 Å². The number of hydrogen-bond donors (Lipinski definition) is 0. The molecule has 1 aromatic rings. The average molecular weight is 404 g/mol. The summed E-state index contributed by atoms with van der Waals surface area (Å²) in [5, 5.41) is 0. The molecule has 0 N–H and O–H groups in total. The molecular weight excluding hydrogens is 386 g/mol. The van der Waals surface area contributed by atoms with Gasteiger partial charge in [-0.25, -0.2) is 0 Å².